The summed E-state index contributed by atoms with van der Waals surface area (Å²) in [5.41, 5.74) is 1.27. The second-order valence-electron chi connectivity index (χ2n) is 7.68. The maximum Gasteiger partial charge on any atom is 0.127 e. The number of hydrogen-bond acceptors (Lipinski definition) is 5. The van der Waals surface area contributed by atoms with Gasteiger partial charge in [-0.2, -0.15) is 0 Å². The van der Waals surface area contributed by atoms with Crippen LogP contribution in [0.1, 0.15) is 45.1 Å². The van der Waals surface area contributed by atoms with Crippen molar-refractivity contribution in [2.24, 2.45) is 5.92 Å². The molecule has 25 heavy (non-hydrogen) atoms. The molecule has 1 saturated carbocycles. The minimum absolute atomic E-state index is 0.285. The van der Waals surface area contributed by atoms with Gasteiger partial charge in [0.1, 0.15) is 10.4 Å². The van der Waals surface area contributed by atoms with E-state index in [0.29, 0.717) is 18.6 Å². The standard InChI is InChI=1S/C19H30BrN3O2/c1-13-9-23(10-14(2)25-13)11-16-7-18(20)22-19(8-16)21-17-5-3-15(12-24)4-6-17/h7-8,13-15,17,24H,3-6,9-12H2,1-2H3,(H,21,22)/t13-,14+,15?,17?. The number of aliphatic hydroxyl groups is 1. The molecule has 2 N–H and O–H groups in total. The van der Waals surface area contributed by atoms with Gasteiger partial charge in [0.15, 0.2) is 0 Å². The zero-order chi connectivity index (χ0) is 17.8. The van der Waals surface area contributed by atoms with Crippen molar-refractivity contribution in [2.45, 2.75) is 64.3 Å². The Morgan fingerprint density at radius 3 is 2.52 bits per heavy atom. The van der Waals surface area contributed by atoms with E-state index in [1.165, 1.54) is 5.56 Å². The fourth-order valence-electron chi connectivity index (χ4n) is 4.09. The summed E-state index contributed by atoms with van der Waals surface area (Å²) in [7, 11) is 0. The molecule has 0 bridgehead atoms. The molecule has 0 spiro atoms. The van der Waals surface area contributed by atoms with Gasteiger partial charge in [-0.15, -0.1) is 0 Å². The van der Waals surface area contributed by atoms with Crippen molar-refractivity contribution in [3.8, 4) is 0 Å². The number of rotatable bonds is 5. The lowest BCUT2D eigenvalue weighted by Gasteiger charge is -2.35. The predicted octanol–water partition coefficient (Wildman–Crippen LogP) is 3.42. The third-order valence-corrected chi connectivity index (χ3v) is 5.62. The molecular formula is C19H30BrN3O2. The topological polar surface area (TPSA) is 57.6 Å². The largest absolute Gasteiger partial charge is 0.396 e. The molecule has 1 aliphatic carbocycles. The highest BCUT2D eigenvalue weighted by molar-refractivity contribution is 9.10. The molecule has 0 aromatic carbocycles. The second-order valence-corrected chi connectivity index (χ2v) is 8.49. The third kappa shape index (κ3) is 5.64. The molecule has 0 amide bonds. The van der Waals surface area contributed by atoms with E-state index in [-0.39, 0.29) is 12.2 Å². The van der Waals surface area contributed by atoms with Crippen molar-refractivity contribution in [1.82, 2.24) is 9.88 Å². The van der Waals surface area contributed by atoms with E-state index in [0.717, 1.165) is 55.7 Å². The van der Waals surface area contributed by atoms with Crippen LogP contribution < -0.4 is 5.32 Å². The predicted molar refractivity (Wildman–Crippen MR) is 104 cm³/mol. The fraction of sp³-hybridized carbons (Fsp3) is 0.737. The Kier molecular flexibility index (Phi) is 6.72. The van der Waals surface area contributed by atoms with Crippen LogP contribution in [0.4, 0.5) is 5.82 Å². The van der Waals surface area contributed by atoms with Crippen LogP contribution >= 0.6 is 15.9 Å². The molecule has 0 radical (unpaired) electrons. The van der Waals surface area contributed by atoms with Gasteiger partial charge in [-0.3, -0.25) is 4.90 Å². The number of aliphatic hydroxyl groups excluding tert-OH is 1. The lowest BCUT2D eigenvalue weighted by molar-refractivity contribution is -0.0704. The van der Waals surface area contributed by atoms with E-state index in [1.54, 1.807) is 0 Å². The summed E-state index contributed by atoms with van der Waals surface area (Å²) in [6.45, 7) is 7.46. The number of pyridine rings is 1. The van der Waals surface area contributed by atoms with Crippen LogP contribution in [0, 0.1) is 5.92 Å². The summed E-state index contributed by atoms with van der Waals surface area (Å²) < 4.78 is 6.71. The number of hydrogen-bond donors (Lipinski definition) is 2. The second kappa shape index (κ2) is 8.80. The first-order valence-electron chi connectivity index (χ1n) is 9.43. The van der Waals surface area contributed by atoms with E-state index < -0.39 is 0 Å². The molecule has 1 aliphatic heterocycles. The molecule has 1 aromatic rings. The zero-order valence-electron chi connectivity index (χ0n) is 15.2. The number of aromatic nitrogens is 1. The van der Waals surface area contributed by atoms with Gasteiger partial charge in [-0.1, -0.05) is 0 Å². The Hall–Kier alpha value is -0.690. The number of ether oxygens (including phenoxy) is 1. The van der Waals surface area contributed by atoms with Gasteiger partial charge >= 0.3 is 0 Å². The first kappa shape index (κ1) is 19.1. The fourth-order valence-corrected chi connectivity index (χ4v) is 4.57. The summed E-state index contributed by atoms with van der Waals surface area (Å²) in [6.07, 6.45) is 4.97. The summed E-state index contributed by atoms with van der Waals surface area (Å²) in [5, 5.41) is 12.9. The number of halogens is 1. The first-order valence-corrected chi connectivity index (χ1v) is 10.2. The van der Waals surface area contributed by atoms with Crippen molar-refractivity contribution in [3.05, 3.63) is 22.3 Å². The molecule has 2 fully saturated rings. The summed E-state index contributed by atoms with van der Waals surface area (Å²) in [4.78, 5) is 7.06. The number of anilines is 1. The lowest BCUT2D eigenvalue weighted by Crippen LogP contribution is -2.44. The van der Waals surface area contributed by atoms with E-state index in [4.69, 9.17) is 4.74 Å². The van der Waals surface area contributed by atoms with Crippen LogP contribution in [0.3, 0.4) is 0 Å². The van der Waals surface area contributed by atoms with Crippen LogP contribution in [0.5, 0.6) is 0 Å². The van der Waals surface area contributed by atoms with Gasteiger partial charge in [0, 0.05) is 32.3 Å². The Balaban J connectivity index is 1.60. The Labute approximate surface area is 159 Å². The van der Waals surface area contributed by atoms with Gasteiger partial charge in [0.05, 0.1) is 12.2 Å². The van der Waals surface area contributed by atoms with Crippen molar-refractivity contribution in [3.63, 3.8) is 0 Å². The highest BCUT2D eigenvalue weighted by Gasteiger charge is 2.23. The van der Waals surface area contributed by atoms with E-state index in [1.807, 2.05) is 0 Å². The Morgan fingerprint density at radius 1 is 1.20 bits per heavy atom. The Bertz CT molecular complexity index is 554. The van der Waals surface area contributed by atoms with Crippen LogP contribution in [-0.2, 0) is 11.3 Å². The molecule has 0 unspecified atom stereocenters. The van der Waals surface area contributed by atoms with Gasteiger partial charge < -0.3 is 15.2 Å². The maximum absolute atomic E-state index is 9.28. The quantitative estimate of drug-likeness (QED) is 0.726. The average molecular weight is 412 g/mol. The van der Waals surface area contributed by atoms with Crippen LogP contribution in [0.2, 0.25) is 0 Å². The van der Waals surface area contributed by atoms with E-state index >= 15 is 0 Å². The van der Waals surface area contributed by atoms with E-state index in [2.05, 4.69) is 57.1 Å². The number of morpholine rings is 1. The summed E-state index contributed by atoms with van der Waals surface area (Å²) >= 11 is 3.56. The third-order valence-electron chi connectivity index (χ3n) is 5.21. The highest BCUT2D eigenvalue weighted by Crippen LogP contribution is 2.27. The van der Waals surface area contributed by atoms with Gasteiger partial charge in [-0.25, -0.2) is 4.98 Å². The number of nitrogens with zero attached hydrogens (tertiary/aromatic N) is 2. The molecular weight excluding hydrogens is 382 g/mol. The SMILES string of the molecule is C[C@@H]1CN(Cc2cc(Br)nc(NC3CCC(CO)CC3)c2)C[C@H](C)O1. The minimum atomic E-state index is 0.285. The molecule has 140 valence electrons. The van der Waals surface area contributed by atoms with Crippen LogP contribution in [0.15, 0.2) is 16.7 Å². The molecule has 2 atom stereocenters. The lowest BCUT2D eigenvalue weighted by atomic mass is 9.86. The first-order chi connectivity index (χ1) is 12.0. The molecule has 2 aliphatic rings. The Morgan fingerprint density at radius 2 is 1.88 bits per heavy atom. The van der Waals surface area contributed by atoms with Gasteiger partial charge in [0.2, 0.25) is 0 Å². The monoisotopic (exact) mass is 411 g/mol. The van der Waals surface area contributed by atoms with Crippen LogP contribution in [0.25, 0.3) is 0 Å². The molecule has 5 nitrogen and oxygen atoms in total. The number of nitrogens with one attached hydrogen (secondary N) is 1. The highest BCUT2D eigenvalue weighted by atomic mass is 79.9. The van der Waals surface area contributed by atoms with Gasteiger partial charge in [-0.05, 0) is 79.1 Å². The van der Waals surface area contributed by atoms with Crippen molar-refractivity contribution in [2.75, 3.05) is 25.0 Å². The normalized spacial score (nSPS) is 31.0. The van der Waals surface area contributed by atoms with Crippen molar-refractivity contribution < 1.29 is 9.84 Å². The molecule has 3 rings (SSSR count). The van der Waals surface area contributed by atoms with Gasteiger partial charge in [0.25, 0.3) is 0 Å². The molecule has 1 aromatic heterocycles. The summed E-state index contributed by atoms with van der Waals surface area (Å²) in [6, 6.07) is 4.74. The van der Waals surface area contributed by atoms with Crippen LogP contribution in [-0.4, -0.2) is 52.9 Å². The molecule has 1 saturated heterocycles. The van der Waals surface area contributed by atoms with Crippen molar-refractivity contribution in [1.29, 1.82) is 0 Å². The average Bonchev–Trinajstić information content (AvgIpc) is 2.54. The van der Waals surface area contributed by atoms with E-state index in [9.17, 15) is 5.11 Å². The zero-order valence-corrected chi connectivity index (χ0v) is 16.8. The smallest absolute Gasteiger partial charge is 0.127 e. The summed E-state index contributed by atoms with van der Waals surface area (Å²) in [5.74, 6) is 1.43. The molecule has 2 heterocycles. The molecule has 6 heteroatoms. The van der Waals surface area contributed by atoms with Crippen molar-refractivity contribution >= 4 is 21.7 Å². The maximum atomic E-state index is 9.28. The minimum Gasteiger partial charge on any atom is -0.396 e.